The molecule has 1 aliphatic rings. The highest BCUT2D eigenvalue weighted by Gasteiger charge is 2.30. The fourth-order valence-corrected chi connectivity index (χ4v) is 2.73. The molecule has 0 atom stereocenters. The quantitative estimate of drug-likeness (QED) is 0.663. The second-order valence-electron chi connectivity index (χ2n) is 6.45. The lowest BCUT2D eigenvalue weighted by Crippen LogP contribution is -2.40. The SMILES string of the molecule is O=C(NC(CO)CO)c1cccc(-c2ccc(C(=O)C3CC3)cc2F)c1. The molecule has 0 radical (unpaired) electrons. The molecule has 0 heterocycles. The Hall–Kier alpha value is -2.57. The van der Waals surface area contributed by atoms with Gasteiger partial charge in [0.05, 0.1) is 19.3 Å². The predicted molar refractivity (Wildman–Crippen MR) is 94.3 cm³/mol. The van der Waals surface area contributed by atoms with Crippen molar-refractivity contribution in [3.63, 3.8) is 0 Å². The van der Waals surface area contributed by atoms with Gasteiger partial charge in [0.25, 0.3) is 5.91 Å². The van der Waals surface area contributed by atoms with Gasteiger partial charge in [-0.3, -0.25) is 9.59 Å². The summed E-state index contributed by atoms with van der Waals surface area (Å²) in [5, 5.41) is 20.6. The Balaban J connectivity index is 1.83. The first-order chi connectivity index (χ1) is 12.5. The van der Waals surface area contributed by atoms with Crippen molar-refractivity contribution < 1.29 is 24.2 Å². The van der Waals surface area contributed by atoms with Crippen LogP contribution in [-0.4, -0.2) is 41.2 Å². The molecule has 0 spiro atoms. The minimum absolute atomic E-state index is 0.0253. The van der Waals surface area contributed by atoms with Gasteiger partial charge in [0.15, 0.2) is 5.78 Å². The summed E-state index contributed by atoms with van der Waals surface area (Å²) < 4.78 is 14.5. The van der Waals surface area contributed by atoms with Crippen LogP contribution in [0.2, 0.25) is 0 Å². The van der Waals surface area contributed by atoms with E-state index < -0.39 is 17.8 Å². The molecule has 2 aromatic carbocycles. The van der Waals surface area contributed by atoms with E-state index in [9.17, 15) is 14.0 Å². The number of rotatable bonds is 7. The van der Waals surface area contributed by atoms with E-state index in [4.69, 9.17) is 10.2 Å². The molecule has 6 heteroatoms. The van der Waals surface area contributed by atoms with Crippen LogP contribution in [0.1, 0.15) is 33.6 Å². The van der Waals surface area contributed by atoms with E-state index in [2.05, 4.69) is 5.32 Å². The highest BCUT2D eigenvalue weighted by Crippen LogP contribution is 2.33. The lowest BCUT2D eigenvalue weighted by atomic mass is 9.98. The van der Waals surface area contributed by atoms with Gasteiger partial charge in [0, 0.05) is 22.6 Å². The highest BCUT2D eigenvalue weighted by molar-refractivity contribution is 6.00. The van der Waals surface area contributed by atoms with Crippen LogP contribution in [0.15, 0.2) is 42.5 Å². The van der Waals surface area contributed by atoms with Gasteiger partial charge in [0.2, 0.25) is 0 Å². The normalized spacial score (nSPS) is 13.7. The molecule has 1 saturated carbocycles. The zero-order valence-electron chi connectivity index (χ0n) is 14.1. The molecular weight excluding hydrogens is 337 g/mol. The predicted octanol–water partition coefficient (Wildman–Crippen LogP) is 2.17. The molecule has 1 fully saturated rings. The van der Waals surface area contributed by atoms with Crippen molar-refractivity contribution >= 4 is 11.7 Å². The van der Waals surface area contributed by atoms with Crippen molar-refractivity contribution in [3.8, 4) is 11.1 Å². The van der Waals surface area contributed by atoms with Gasteiger partial charge in [-0.25, -0.2) is 4.39 Å². The van der Waals surface area contributed by atoms with Gasteiger partial charge in [-0.15, -0.1) is 0 Å². The minimum atomic E-state index is -0.754. The van der Waals surface area contributed by atoms with E-state index >= 15 is 0 Å². The molecule has 1 amide bonds. The van der Waals surface area contributed by atoms with E-state index in [1.54, 1.807) is 30.3 Å². The Morgan fingerprint density at radius 1 is 1.08 bits per heavy atom. The lowest BCUT2D eigenvalue weighted by molar-refractivity contribution is 0.0879. The Morgan fingerprint density at radius 3 is 2.42 bits per heavy atom. The standard InChI is InChI=1S/C20H20FNO4/c21-18-9-14(19(25)12-4-5-12)6-7-17(18)13-2-1-3-15(8-13)20(26)22-16(10-23)11-24/h1-3,6-9,12,16,23-24H,4-5,10-11H2,(H,22,26). The van der Waals surface area contributed by atoms with Crippen molar-refractivity contribution in [1.82, 2.24) is 5.32 Å². The van der Waals surface area contributed by atoms with Crippen LogP contribution in [-0.2, 0) is 0 Å². The zero-order chi connectivity index (χ0) is 18.7. The number of Topliss-reactive ketones (excluding diaryl/α,β-unsaturated/α-hetero) is 1. The summed E-state index contributed by atoms with van der Waals surface area (Å²) in [5.74, 6) is -0.987. The van der Waals surface area contributed by atoms with Gasteiger partial charge in [-0.05, 0) is 36.6 Å². The number of amides is 1. The number of halogens is 1. The second-order valence-corrected chi connectivity index (χ2v) is 6.45. The Bertz CT molecular complexity index is 828. The third-order valence-electron chi connectivity index (χ3n) is 4.41. The zero-order valence-corrected chi connectivity index (χ0v) is 14.1. The fourth-order valence-electron chi connectivity index (χ4n) is 2.73. The largest absolute Gasteiger partial charge is 0.394 e. The van der Waals surface area contributed by atoms with Crippen molar-refractivity contribution in [2.45, 2.75) is 18.9 Å². The number of aliphatic hydroxyl groups is 2. The Kier molecular flexibility index (Phi) is 5.44. The highest BCUT2D eigenvalue weighted by atomic mass is 19.1. The summed E-state index contributed by atoms with van der Waals surface area (Å²) in [6.45, 7) is -0.764. The van der Waals surface area contributed by atoms with Crippen LogP contribution in [0, 0.1) is 11.7 Å². The summed E-state index contributed by atoms with van der Waals surface area (Å²) in [7, 11) is 0. The third kappa shape index (κ3) is 3.98. The van der Waals surface area contributed by atoms with Crippen LogP contribution < -0.4 is 5.32 Å². The van der Waals surface area contributed by atoms with Gasteiger partial charge in [-0.1, -0.05) is 24.3 Å². The molecular formula is C20H20FNO4. The van der Waals surface area contributed by atoms with Gasteiger partial charge < -0.3 is 15.5 Å². The summed E-state index contributed by atoms with van der Waals surface area (Å²) in [5.41, 5.74) is 1.46. The van der Waals surface area contributed by atoms with Gasteiger partial charge >= 0.3 is 0 Å². The molecule has 26 heavy (non-hydrogen) atoms. The van der Waals surface area contributed by atoms with Crippen molar-refractivity contribution in [2.75, 3.05) is 13.2 Å². The lowest BCUT2D eigenvalue weighted by Gasteiger charge is -2.14. The summed E-state index contributed by atoms with van der Waals surface area (Å²) in [6, 6.07) is 10.0. The first kappa shape index (κ1) is 18.2. The smallest absolute Gasteiger partial charge is 0.251 e. The topological polar surface area (TPSA) is 86.6 Å². The van der Waals surface area contributed by atoms with Crippen molar-refractivity contribution in [2.24, 2.45) is 5.92 Å². The number of nitrogens with one attached hydrogen (secondary N) is 1. The molecule has 3 rings (SSSR count). The number of carbonyl (C=O) groups is 2. The van der Waals surface area contributed by atoms with E-state index in [1.807, 2.05) is 0 Å². The number of hydrogen-bond donors (Lipinski definition) is 3. The number of benzene rings is 2. The summed E-state index contributed by atoms with van der Waals surface area (Å²) in [6.07, 6.45) is 1.73. The fraction of sp³-hybridized carbons (Fsp3) is 0.300. The maximum atomic E-state index is 14.5. The molecule has 0 saturated heterocycles. The van der Waals surface area contributed by atoms with Gasteiger partial charge in [-0.2, -0.15) is 0 Å². The number of aliphatic hydroxyl groups excluding tert-OH is 2. The second kappa shape index (κ2) is 7.76. The third-order valence-corrected chi connectivity index (χ3v) is 4.41. The number of hydrogen-bond acceptors (Lipinski definition) is 4. The van der Waals surface area contributed by atoms with Crippen LogP contribution in [0.5, 0.6) is 0 Å². The molecule has 0 aromatic heterocycles. The Morgan fingerprint density at radius 2 is 1.81 bits per heavy atom. The molecule has 3 N–H and O–H groups in total. The van der Waals surface area contributed by atoms with Crippen molar-refractivity contribution in [1.29, 1.82) is 0 Å². The van der Waals surface area contributed by atoms with Crippen LogP contribution in [0.25, 0.3) is 11.1 Å². The Labute approximate surface area is 150 Å². The molecule has 5 nitrogen and oxygen atoms in total. The summed E-state index contributed by atoms with van der Waals surface area (Å²) in [4.78, 5) is 24.2. The molecule has 1 aliphatic carbocycles. The minimum Gasteiger partial charge on any atom is -0.394 e. The average Bonchev–Trinajstić information content (AvgIpc) is 3.50. The summed E-state index contributed by atoms with van der Waals surface area (Å²) >= 11 is 0. The van der Waals surface area contributed by atoms with E-state index in [-0.39, 0.29) is 30.5 Å². The first-order valence-electron chi connectivity index (χ1n) is 8.50. The maximum Gasteiger partial charge on any atom is 0.251 e. The van der Waals surface area contributed by atoms with Crippen LogP contribution in [0.4, 0.5) is 4.39 Å². The first-order valence-corrected chi connectivity index (χ1v) is 8.50. The molecule has 0 bridgehead atoms. The van der Waals surface area contributed by atoms with Crippen molar-refractivity contribution in [3.05, 3.63) is 59.4 Å². The average molecular weight is 357 g/mol. The van der Waals surface area contributed by atoms with E-state index in [0.29, 0.717) is 16.7 Å². The van der Waals surface area contributed by atoms with E-state index in [0.717, 1.165) is 12.8 Å². The maximum absolute atomic E-state index is 14.5. The van der Waals surface area contributed by atoms with Crippen LogP contribution in [0.3, 0.4) is 0 Å². The molecule has 2 aromatic rings. The molecule has 136 valence electrons. The van der Waals surface area contributed by atoms with Crippen LogP contribution >= 0.6 is 0 Å². The molecule has 0 aliphatic heterocycles. The van der Waals surface area contributed by atoms with Gasteiger partial charge in [0.1, 0.15) is 5.82 Å². The van der Waals surface area contributed by atoms with E-state index in [1.165, 1.54) is 12.1 Å². The molecule has 0 unspecified atom stereocenters. The number of carbonyl (C=O) groups excluding carboxylic acids is 2. The monoisotopic (exact) mass is 357 g/mol. The number of ketones is 1.